The summed E-state index contributed by atoms with van der Waals surface area (Å²) in [6, 6.07) is 0.996. The summed E-state index contributed by atoms with van der Waals surface area (Å²) < 4.78 is 31.4. The number of hydrogen-bond donors (Lipinski definition) is 0. The zero-order valence-electron chi connectivity index (χ0n) is 12.2. The third kappa shape index (κ3) is 9.28. The molecule has 0 spiro atoms. The summed E-state index contributed by atoms with van der Waals surface area (Å²) in [5, 5.41) is 0. The lowest BCUT2D eigenvalue weighted by Crippen LogP contribution is -2.41. The molecule has 7 heteroatoms. The molecule has 19 heavy (non-hydrogen) atoms. The Morgan fingerprint density at radius 3 is 2.11 bits per heavy atom. The van der Waals surface area contributed by atoms with Gasteiger partial charge in [0, 0.05) is 21.3 Å². The van der Waals surface area contributed by atoms with Crippen molar-refractivity contribution in [3.05, 3.63) is 12.7 Å². The van der Waals surface area contributed by atoms with Crippen molar-refractivity contribution >= 4 is 9.76 Å². The van der Waals surface area contributed by atoms with Crippen molar-refractivity contribution < 1.29 is 28.1 Å². The van der Waals surface area contributed by atoms with E-state index >= 15 is 0 Å². The molecule has 114 valence electrons. The highest BCUT2D eigenvalue weighted by molar-refractivity contribution is 6.27. The number of methoxy groups -OCH3 is 3. The molecule has 0 heterocycles. The first kappa shape index (κ1) is 18.7. The van der Waals surface area contributed by atoms with E-state index in [-0.39, 0.29) is 6.61 Å². The van der Waals surface area contributed by atoms with Crippen LogP contribution >= 0.6 is 0 Å². The Balaban J connectivity index is 3.37. The monoisotopic (exact) mass is 294 g/mol. The fourth-order valence-electron chi connectivity index (χ4n) is 1.23. The average Bonchev–Trinajstić information content (AvgIpc) is 2.46. The highest BCUT2D eigenvalue weighted by Crippen LogP contribution is 2.11. The van der Waals surface area contributed by atoms with Gasteiger partial charge in [0.15, 0.2) is 9.76 Å². The molecule has 0 radical (unpaired) electrons. The van der Waals surface area contributed by atoms with Crippen molar-refractivity contribution in [1.82, 2.24) is 0 Å². The van der Waals surface area contributed by atoms with Crippen LogP contribution in [0.15, 0.2) is 12.7 Å². The summed E-state index contributed by atoms with van der Waals surface area (Å²) >= 11 is 0. The van der Waals surface area contributed by atoms with Crippen LogP contribution in [-0.2, 0) is 28.1 Å². The highest BCUT2D eigenvalue weighted by Gasteiger charge is 2.29. The second-order valence-electron chi connectivity index (χ2n) is 3.65. The molecule has 0 N–H and O–H groups in total. The molecule has 0 aromatic carbocycles. The zero-order valence-corrected chi connectivity index (χ0v) is 13.6. The van der Waals surface area contributed by atoms with Crippen LogP contribution < -0.4 is 0 Å². The first-order valence-corrected chi connectivity index (χ1v) is 7.82. The summed E-state index contributed by atoms with van der Waals surface area (Å²) in [6.45, 7) is 5.99. The zero-order chi connectivity index (χ0) is 14.4. The van der Waals surface area contributed by atoms with Crippen molar-refractivity contribution in [2.45, 2.75) is 12.0 Å². The van der Waals surface area contributed by atoms with Crippen LogP contribution in [0, 0.1) is 0 Å². The van der Waals surface area contributed by atoms with Gasteiger partial charge in [-0.15, -0.1) is 6.58 Å². The molecule has 0 aliphatic rings. The van der Waals surface area contributed by atoms with E-state index in [1.165, 1.54) is 21.3 Å². The highest BCUT2D eigenvalue weighted by atomic mass is 28.2. The van der Waals surface area contributed by atoms with Crippen molar-refractivity contribution in [2.24, 2.45) is 0 Å². The lowest BCUT2D eigenvalue weighted by molar-refractivity contribution is -0.368. The molecular formula is C12H26O6Si. The molecule has 0 atom stereocenters. The quantitative estimate of drug-likeness (QED) is 0.199. The molecule has 0 saturated heterocycles. The average molecular weight is 294 g/mol. The molecule has 6 nitrogen and oxygen atoms in total. The van der Waals surface area contributed by atoms with Gasteiger partial charge in [-0.05, 0) is 6.04 Å². The van der Waals surface area contributed by atoms with Crippen molar-refractivity contribution in [3.8, 4) is 0 Å². The fourth-order valence-corrected chi connectivity index (χ4v) is 1.89. The van der Waals surface area contributed by atoms with Gasteiger partial charge in [-0.1, -0.05) is 6.08 Å². The SMILES string of the molecule is C=CC[SiH2]OCCOCCOCC(OC)(OC)OC. The first-order valence-electron chi connectivity index (χ1n) is 6.24. The Hall–Kier alpha value is -0.283. The van der Waals surface area contributed by atoms with Crippen molar-refractivity contribution in [3.63, 3.8) is 0 Å². The van der Waals surface area contributed by atoms with Crippen LogP contribution in [0.25, 0.3) is 0 Å². The molecule has 0 saturated carbocycles. The molecule has 0 unspecified atom stereocenters. The lowest BCUT2D eigenvalue weighted by atomic mass is 10.6. The minimum absolute atomic E-state index is 0.183. The maximum Gasteiger partial charge on any atom is 0.307 e. The lowest BCUT2D eigenvalue weighted by Gasteiger charge is -2.28. The number of rotatable bonds is 14. The maximum absolute atomic E-state index is 5.43. The maximum atomic E-state index is 5.43. The van der Waals surface area contributed by atoms with Gasteiger partial charge < -0.3 is 28.1 Å². The Labute approximate surface area is 117 Å². The van der Waals surface area contributed by atoms with E-state index in [4.69, 9.17) is 28.1 Å². The van der Waals surface area contributed by atoms with Crippen molar-refractivity contribution in [1.29, 1.82) is 0 Å². The van der Waals surface area contributed by atoms with Crippen LogP contribution in [-0.4, -0.2) is 70.1 Å². The van der Waals surface area contributed by atoms with E-state index in [9.17, 15) is 0 Å². The number of allylic oxidation sites excluding steroid dienone is 1. The Bertz CT molecular complexity index is 202. The molecule has 0 amide bonds. The smallest absolute Gasteiger partial charge is 0.307 e. The summed E-state index contributed by atoms with van der Waals surface area (Å²) in [4.78, 5) is 0. The van der Waals surface area contributed by atoms with E-state index in [0.717, 1.165) is 6.04 Å². The normalized spacial score (nSPS) is 12.4. The predicted octanol–water partition coefficient (Wildman–Crippen LogP) is 0.317. The largest absolute Gasteiger partial charge is 0.421 e. The van der Waals surface area contributed by atoms with Crippen LogP contribution in [0.5, 0.6) is 0 Å². The predicted molar refractivity (Wildman–Crippen MR) is 74.9 cm³/mol. The molecular weight excluding hydrogens is 268 g/mol. The van der Waals surface area contributed by atoms with E-state index < -0.39 is 15.7 Å². The van der Waals surface area contributed by atoms with E-state index in [1.54, 1.807) is 0 Å². The number of hydrogen-bond acceptors (Lipinski definition) is 6. The first-order chi connectivity index (χ1) is 9.24. The fraction of sp³-hybridized carbons (Fsp3) is 0.833. The summed E-state index contributed by atoms with van der Waals surface area (Å²) in [7, 11) is 4.05. The minimum Gasteiger partial charge on any atom is -0.421 e. The van der Waals surface area contributed by atoms with Gasteiger partial charge in [0.2, 0.25) is 0 Å². The Morgan fingerprint density at radius 1 is 0.947 bits per heavy atom. The Morgan fingerprint density at radius 2 is 1.53 bits per heavy atom. The number of ether oxygens (including phenoxy) is 5. The third-order valence-corrected chi connectivity index (χ3v) is 3.64. The van der Waals surface area contributed by atoms with Crippen LogP contribution in [0.3, 0.4) is 0 Å². The van der Waals surface area contributed by atoms with Crippen LogP contribution in [0.2, 0.25) is 6.04 Å². The van der Waals surface area contributed by atoms with Gasteiger partial charge in [-0.3, -0.25) is 0 Å². The van der Waals surface area contributed by atoms with E-state index in [0.29, 0.717) is 26.4 Å². The van der Waals surface area contributed by atoms with Gasteiger partial charge in [-0.25, -0.2) is 0 Å². The molecule has 0 fully saturated rings. The molecule has 0 bridgehead atoms. The molecule has 0 aromatic rings. The van der Waals surface area contributed by atoms with Gasteiger partial charge in [0.05, 0.1) is 26.4 Å². The molecule has 0 rings (SSSR count). The van der Waals surface area contributed by atoms with E-state index in [1.807, 2.05) is 6.08 Å². The third-order valence-electron chi connectivity index (χ3n) is 2.42. The second-order valence-corrected chi connectivity index (χ2v) is 5.04. The van der Waals surface area contributed by atoms with Gasteiger partial charge >= 0.3 is 5.97 Å². The van der Waals surface area contributed by atoms with E-state index in [2.05, 4.69) is 6.58 Å². The van der Waals surface area contributed by atoms with Gasteiger partial charge in [0.1, 0.15) is 6.61 Å². The summed E-state index contributed by atoms with van der Waals surface area (Å²) in [5.74, 6) is -1.14. The summed E-state index contributed by atoms with van der Waals surface area (Å²) in [6.07, 6.45) is 1.88. The minimum atomic E-state index is -1.14. The van der Waals surface area contributed by atoms with Gasteiger partial charge in [-0.2, -0.15) is 0 Å². The van der Waals surface area contributed by atoms with Gasteiger partial charge in [0.25, 0.3) is 0 Å². The molecule has 0 aromatic heterocycles. The second kappa shape index (κ2) is 12.7. The summed E-state index contributed by atoms with van der Waals surface area (Å²) in [5.41, 5.74) is 0. The molecule has 0 aliphatic carbocycles. The Kier molecular flexibility index (Phi) is 12.5. The standard InChI is InChI=1S/C12H26O6Si/c1-5-10-19-18-9-8-16-6-7-17-11-12(13-2,14-3)15-4/h5H,1,6-11,19H2,2-4H3. The topological polar surface area (TPSA) is 55.4 Å². The molecule has 0 aliphatic heterocycles. The van der Waals surface area contributed by atoms with Crippen LogP contribution in [0.4, 0.5) is 0 Å². The van der Waals surface area contributed by atoms with Crippen LogP contribution in [0.1, 0.15) is 0 Å². The van der Waals surface area contributed by atoms with Crippen molar-refractivity contribution in [2.75, 3.05) is 54.4 Å².